The number of hydrogen-bond donors (Lipinski definition) is 1. The van der Waals surface area contributed by atoms with Gasteiger partial charge in [0.05, 0.1) is 11.5 Å². The van der Waals surface area contributed by atoms with Gasteiger partial charge in [0.25, 0.3) is 5.91 Å². The van der Waals surface area contributed by atoms with E-state index in [1.54, 1.807) is 0 Å². The van der Waals surface area contributed by atoms with Gasteiger partial charge < -0.3 is 10.1 Å². The number of aryl methyl sites for hydroxylation is 2. The Bertz CT molecular complexity index is 729. The summed E-state index contributed by atoms with van der Waals surface area (Å²) in [4.78, 5) is 26.1. The standard InChI is InChI=1S/C16H21NO5S2/c1-10(15(18)17-12-6-7-24(20,21)9-12)22-16(19)14-8-11-4-2-3-5-13(11)23-14/h8,10,12H,2-7,9H2,1H3,(H,17,18)/t10-,12-/m1/s1. The lowest BCUT2D eigenvalue weighted by atomic mass is 9.99. The van der Waals surface area contributed by atoms with E-state index in [9.17, 15) is 18.0 Å². The van der Waals surface area contributed by atoms with Crippen LogP contribution in [0.15, 0.2) is 6.07 Å². The summed E-state index contributed by atoms with van der Waals surface area (Å²) in [5.41, 5.74) is 1.21. The van der Waals surface area contributed by atoms with E-state index in [4.69, 9.17) is 4.74 Å². The average molecular weight is 371 g/mol. The van der Waals surface area contributed by atoms with Gasteiger partial charge in [-0.15, -0.1) is 11.3 Å². The van der Waals surface area contributed by atoms with E-state index in [0.29, 0.717) is 11.3 Å². The second-order valence-electron chi connectivity index (χ2n) is 6.42. The Kier molecular flexibility index (Phi) is 4.96. The van der Waals surface area contributed by atoms with Crippen molar-refractivity contribution in [1.29, 1.82) is 0 Å². The van der Waals surface area contributed by atoms with Crippen molar-refractivity contribution in [2.45, 2.75) is 51.2 Å². The van der Waals surface area contributed by atoms with E-state index in [1.807, 2.05) is 6.07 Å². The van der Waals surface area contributed by atoms with Gasteiger partial charge in [0.15, 0.2) is 15.9 Å². The normalized spacial score (nSPS) is 23.3. The number of fused-ring (bicyclic) bond motifs is 1. The van der Waals surface area contributed by atoms with Gasteiger partial charge in [-0.3, -0.25) is 4.79 Å². The lowest BCUT2D eigenvalue weighted by Gasteiger charge is -2.16. The molecule has 24 heavy (non-hydrogen) atoms. The first-order valence-corrected chi connectivity index (χ1v) is 10.8. The number of nitrogens with one attached hydrogen (secondary N) is 1. The second-order valence-corrected chi connectivity index (χ2v) is 9.79. The monoisotopic (exact) mass is 371 g/mol. The third kappa shape index (κ3) is 3.97. The first-order valence-electron chi connectivity index (χ1n) is 8.17. The average Bonchev–Trinajstić information content (AvgIpc) is 3.10. The zero-order valence-electron chi connectivity index (χ0n) is 13.5. The number of rotatable bonds is 4. The Labute approximate surface area is 145 Å². The fourth-order valence-corrected chi connectivity index (χ4v) is 5.90. The van der Waals surface area contributed by atoms with Crippen LogP contribution in [0.3, 0.4) is 0 Å². The minimum Gasteiger partial charge on any atom is -0.448 e. The molecule has 1 aliphatic carbocycles. The number of carbonyl (C=O) groups is 2. The molecule has 1 aromatic heterocycles. The van der Waals surface area contributed by atoms with Crippen molar-refractivity contribution < 1.29 is 22.7 Å². The van der Waals surface area contributed by atoms with Crippen molar-refractivity contribution in [1.82, 2.24) is 5.32 Å². The van der Waals surface area contributed by atoms with Gasteiger partial charge in [-0.2, -0.15) is 0 Å². The molecule has 2 heterocycles. The molecule has 132 valence electrons. The molecule has 2 aliphatic rings. The number of thiophene rings is 1. The first-order chi connectivity index (χ1) is 11.3. The van der Waals surface area contributed by atoms with Crippen LogP contribution in [0.2, 0.25) is 0 Å². The Balaban J connectivity index is 1.55. The van der Waals surface area contributed by atoms with Crippen molar-refractivity contribution in [3.8, 4) is 0 Å². The highest BCUT2D eigenvalue weighted by Crippen LogP contribution is 2.30. The van der Waals surface area contributed by atoms with Crippen molar-refractivity contribution in [2.24, 2.45) is 0 Å². The Morgan fingerprint density at radius 3 is 2.75 bits per heavy atom. The highest BCUT2D eigenvalue weighted by Gasteiger charge is 2.31. The summed E-state index contributed by atoms with van der Waals surface area (Å²) in [7, 11) is -3.06. The third-order valence-electron chi connectivity index (χ3n) is 4.43. The Hall–Kier alpha value is -1.41. The first kappa shape index (κ1) is 17.4. The largest absolute Gasteiger partial charge is 0.448 e. The molecule has 1 N–H and O–H groups in total. The van der Waals surface area contributed by atoms with Gasteiger partial charge in [-0.05, 0) is 50.7 Å². The van der Waals surface area contributed by atoms with Crippen LogP contribution in [0, 0.1) is 0 Å². The van der Waals surface area contributed by atoms with Crippen LogP contribution in [0.25, 0.3) is 0 Å². The van der Waals surface area contributed by atoms with E-state index in [2.05, 4.69) is 5.32 Å². The van der Waals surface area contributed by atoms with Crippen LogP contribution >= 0.6 is 11.3 Å². The number of hydrogen-bond acceptors (Lipinski definition) is 6. The lowest BCUT2D eigenvalue weighted by Crippen LogP contribution is -2.42. The Morgan fingerprint density at radius 2 is 2.08 bits per heavy atom. The minimum absolute atomic E-state index is 0.0446. The minimum atomic E-state index is -3.06. The molecule has 0 aromatic carbocycles. The zero-order valence-corrected chi connectivity index (χ0v) is 15.2. The van der Waals surface area contributed by atoms with E-state index < -0.39 is 33.9 Å². The van der Waals surface area contributed by atoms with Crippen LogP contribution in [0.5, 0.6) is 0 Å². The van der Waals surface area contributed by atoms with Gasteiger partial charge >= 0.3 is 5.97 Å². The van der Waals surface area contributed by atoms with Crippen LogP contribution in [-0.2, 0) is 32.2 Å². The molecule has 3 rings (SSSR count). The SMILES string of the molecule is C[C@@H](OC(=O)c1cc2c(s1)CCCC2)C(=O)N[C@@H]1CCS(=O)(=O)C1. The molecule has 0 saturated carbocycles. The molecular weight excluding hydrogens is 350 g/mol. The van der Waals surface area contributed by atoms with E-state index in [-0.39, 0.29) is 11.5 Å². The summed E-state index contributed by atoms with van der Waals surface area (Å²) in [6.45, 7) is 1.50. The van der Waals surface area contributed by atoms with Gasteiger partial charge in [0.2, 0.25) is 0 Å². The summed E-state index contributed by atoms with van der Waals surface area (Å²) in [6.07, 6.45) is 3.74. The lowest BCUT2D eigenvalue weighted by molar-refractivity contribution is -0.129. The molecule has 1 aromatic rings. The van der Waals surface area contributed by atoms with Gasteiger partial charge in [-0.25, -0.2) is 13.2 Å². The number of esters is 1. The van der Waals surface area contributed by atoms with Crippen molar-refractivity contribution >= 4 is 33.1 Å². The highest BCUT2D eigenvalue weighted by atomic mass is 32.2. The summed E-state index contributed by atoms with van der Waals surface area (Å²) in [5, 5.41) is 2.65. The maximum Gasteiger partial charge on any atom is 0.349 e. The van der Waals surface area contributed by atoms with Crippen LogP contribution in [-0.4, -0.2) is 43.9 Å². The van der Waals surface area contributed by atoms with Crippen LogP contribution in [0.4, 0.5) is 0 Å². The molecule has 8 heteroatoms. The Morgan fingerprint density at radius 1 is 1.33 bits per heavy atom. The summed E-state index contributed by atoms with van der Waals surface area (Å²) < 4.78 is 28.1. The van der Waals surface area contributed by atoms with Crippen molar-refractivity contribution in [2.75, 3.05) is 11.5 Å². The maximum atomic E-state index is 12.2. The summed E-state index contributed by atoms with van der Waals surface area (Å²) in [6, 6.07) is 1.48. The molecular formula is C16H21NO5S2. The quantitative estimate of drug-likeness (QED) is 0.810. The highest BCUT2D eigenvalue weighted by molar-refractivity contribution is 7.91. The number of carbonyl (C=O) groups excluding carboxylic acids is 2. The van der Waals surface area contributed by atoms with Crippen LogP contribution < -0.4 is 5.32 Å². The maximum absolute atomic E-state index is 12.2. The predicted octanol–water partition coefficient (Wildman–Crippen LogP) is 1.48. The fraction of sp³-hybridized carbons (Fsp3) is 0.625. The molecule has 1 aliphatic heterocycles. The predicted molar refractivity (Wildman–Crippen MR) is 91.0 cm³/mol. The number of ether oxygens (including phenoxy) is 1. The summed E-state index contributed by atoms with van der Waals surface area (Å²) in [5.74, 6) is -0.896. The van der Waals surface area contributed by atoms with E-state index in [1.165, 1.54) is 28.7 Å². The topological polar surface area (TPSA) is 89.5 Å². The fourth-order valence-electron chi connectivity index (χ4n) is 3.09. The van der Waals surface area contributed by atoms with Gasteiger partial charge in [-0.1, -0.05) is 0 Å². The second kappa shape index (κ2) is 6.84. The van der Waals surface area contributed by atoms with Crippen molar-refractivity contribution in [3.63, 3.8) is 0 Å². The molecule has 0 radical (unpaired) electrons. The summed E-state index contributed by atoms with van der Waals surface area (Å²) >= 11 is 1.44. The number of sulfone groups is 1. The zero-order chi connectivity index (χ0) is 17.3. The van der Waals surface area contributed by atoms with E-state index >= 15 is 0 Å². The molecule has 1 fully saturated rings. The van der Waals surface area contributed by atoms with Crippen molar-refractivity contribution in [3.05, 3.63) is 21.4 Å². The molecule has 0 bridgehead atoms. The van der Waals surface area contributed by atoms with Crippen LogP contribution in [0.1, 0.15) is 46.3 Å². The molecule has 2 atom stereocenters. The molecule has 6 nitrogen and oxygen atoms in total. The molecule has 1 amide bonds. The van der Waals surface area contributed by atoms with Gasteiger partial charge in [0, 0.05) is 10.9 Å². The number of amides is 1. The molecule has 0 unspecified atom stereocenters. The van der Waals surface area contributed by atoms with Gasteiger partial charge in [0.1, 0.15) is 4.88 Å². The molecule has 0 spiro atoms. The smallest absolute Gasteiger partial charge is 0.349 e. The third-order valence-corrected chi connectivity index (χ3v) is 7.41. The van der Waals surface area contributed by atoms with E-state index in [0.717, 1.165) is 25.7 Å². The molecule has 1 saturated heterocycles.